The molecule has 3 heterocycles. The number of methoxy groups -OCH3 is 1. The molecule has 1 aromatic carbocycles. The molecular formula is C27H27ClFN3O4. The first-order chi connectivity index (χ1) is 17.3. The van der Waals surface area contributed by atoms with Crippen LogP contribution in [0.25, 0.3) is 11.3 Å². The van der Waals surface area contributed by atoms with Gasteiger partial charge in [0.05, 0.1) is 41.8 Å². The van der Waals surface area contributed by atoms with E-state index < -0.39 is 23.8 Å². The minimum absolute atomic E-state index is 0.183. The number of nitrogens with zero attached hydrogens (tertiary/aromatic N) is 3. The summed E-state index contributed by atoms with van der Waals surface area (Å²) >= 11 is 6.32. The average Bonchev–Trinajstić information content (AvgIpc) is 3.71. The zero-order valence-electron chi connectivity index (χ0n) is 20.3. The minimum Gasteiger partial charge on any atom is -0.481 e. The monoisotopic (exact) mass is 511 g/mol. The summed E-state index contributed by atoms with van der Waals surface area (Å²) in [5.74, 6) is -1.64. The number of ether oxygens (including phenoxy) is 2. The number of hydrogen-bond donors (Lipinski definition) is 1. The van der Waals surface area contributed by atoms with E-state index in [1.807, 2.05) is 13.0 Å². The number of rotatable bonds is 7. The van der Waals surface area contributed by atoms with Crippen molar-refractivity contribution in [3.8, 4) is 22.9 Å². The number of aromatic nitrogens is 3. The van der Waals surface area contributed by atoms with Crippen LogP contribution in [0.2, 0.25) is 5.02 Å². The van der Waals surface area contributed by atoms with E-state index in [1.54, 1.807) is 25.3 Å². The fourth-order valence-electron chi connectivity index (χ4n) is 5.08. The van der Waals surface area contributed by atoms with Gasteiger partial charge in [-0.05, 0) is 49.7 Å². The molecule has 0 amide bonds. The molecule has 1 saturated carbocycles. The fraction of sp³-hybridized carbons (Fsp3) is 0.407. The van der Waals surface area contributed by atoms with E-state index in [0.717, 1.165) is 18.4 Å². The summed E-state index contributed by atoms with van der Waals surface area (Å²) < 4.78 is 27.2. The third kappa shape index (κ3) is 4.50. The van der Waals surface area contributed by atoms with Gasteiger partial charge in [0.15, 0.2) is 11.6 Å². The molecule has 1 unspecified atom stereocenters. The summed E-state index contributed by atoms with van der Waals surface area (Å²) in [6, 6.07) is 5.31. The van der Waals surface area contributed by atoms with E-state index in [0.29, 0.717) is 52.0 Å². The quantitative estimate of drug-likeness (QED) is 0.420. The number of aliphatic carboxylic acids is 1. The molecule has 188 valence electrons. The predicted molar refractivity (Wildman–Crippen MR) is 132 cm³/mol. The topological polar surface area (TPSA) is 94.4 Å². The lowest BCUT2D eigenvalue weighted by molar-refractivity contribution is -0.142. The zero-order valence-corrected chi connectivity index (χ0v) is 21.1. The SMILES string of the molecule is COc1cc(-c2cnc(C3CCc4ccc([C@H](C5CC5)[C@H](C)C(=O)O)c(F)c4O3)c(C)n2)c(Cl)cn1. The maximum Gasteiger partial charge on any atom is 0.306 e. The smallest absolute Gasteiger partial charge is 0.306 e. The molecule has 0 saturated heterocycles. The third-order valence-electron chi connectivity index (χ3n) is 7.17. The van der Waals surface area contributed by atoms with Crippen LogP contribution >= 0.6 is 11.6 Å². The molecule has 3 aromatic rings. The van der Waals surface area contributed by atoms with E-state index >= 15 is 4.39 Å². The van der Waals surface area contributed by atoms with Crippen molar-refractivity contribution in [3.63, 3.8) is 0 Å². The summed E-state index contributed by atoms with van der Waals surface area (Å²) in [6.45, 7) is 3.49. The van der Waals surface area contributed by atoms with Gasteiger partial charge in [-0.15, -0.1) is 0 Å². The lowest BCUT2D eigenvalue weighted by Crippen LogP contribution is -2.23. The molecule has 36 heavy (non-hydrogen) atoms. The van der Waals surface area contributed by atoms with E-state index in [1.165, 1.54) is 13.3 Å². The summed E-state index contributed by atoms with van der Waals surface area (Å²) in [6.07, 6.45) is 5.72. The molecular weight excluding hydrogens is 485 g/mol. The number of fused-ring (bicyclic) bond motifs is 1. The van der Waals surface area contributed by atoms with Crippen LogP contribution in [0.1, 0.15) is 60.7 Å². The van der Waals surface area contributed by atoms with Crippen molar-refractivity contribution in [3.05, 3.63) is 63.9 Å². The highest BCUT2D eigenvalue weighted by Gasteiger charge is 2.41. The normalized spacial score (nSPS) is 18.6. The molecule has 1 N–H and O–H groups in total. The van der Waals surface area contributed by atoms with Crippen LogP contribution in [0.4, 0.5) is 4.39 Å². The first kappa shape index (κ1) is 24.4. The molecule has 2 aliphatic rings. The van der Waals surface area contributed by atoms with Crippen LogP contribution in [0.15, 0.2) is 30.6 Å². The molecule has 9 heteroatoms. The Morgan fingerprint density at radius 2 is 2.03 bits per heavy atom. The van der Waals surface area contributed by atoms with Crippen LogP contribution in [0, 0.1) is 24.6 Å². The highest BCUT2D eigenvalue weighted by atomic mass is 35.5. The average molecular weight is 512 g/mol. The van der Waals surface area contributed by atoms with Crippen LogP contribution in [-0.4, -0.2) is 33.1 Å². The standard InChI is InChI=1S/C27H27ClFN3O4/c1-13(27(33)34)23(15-4-5-15)17-8-6-16-7-9-21(36-26(16)24(17)29)25-14(2)32-20(12-31-25)18-10-22(35-3)30-11-19(18)28/h6,8,10-13,15,21,23H,4-5,7,9H2,1-3H3,(H,33,34)/t13-,21?,23-/m0/s1. The first-order valence-corrected chi connectivity index (χ1v) is 12.4. The lowest BCUT2D eigenvalue weighted by Gasteiger charge is -2.29. The van der Waals surface area contributed by atoms with Gasteiger partial charge in [0.25, 0.3) is 0 Å². The van der Waals surface area contributed by atoms with E-state index in [2.05, 4.69) is 15.0 Å². The summed E-state index contributed by atoms with van der Waals surface area (Å²) in [4.78, 5) is 25.1. The highest BCUT2D eigenvalue weighted by Crippen LogP contribution is 2.49. The van der Waals surface area contributed by atoms with Gasteiger partial charge in [-0.2, -0.15) is 0 Å². The van der Waals surface area contributed by atoms with Gasteiger partial charge >= 0.3 is 5.97 Å². The van der Waals surface area contributed by atoms with E-state index in [-0.39, 0.29) is 17.6 Å². The van der Waals surface area contributed by atoms with Gasteiger partial charge in [0, 0.05) is 17.5 Å². The minimum atomic E-state index is -0.916. The number of hydrogen-bond acceptors (Lipinski definition) is 6. The Morgan fingerprint density at radius 1 is 1.25 bits per heavy atom. The second kappa shape index (κ2) is 9.65. The van der Waals surface area contributed by atoms with Crippen LogP contribution < -0.4 is 9.47 Å². The van der Waals surface area contributed by atoms with Crippen molar-refractivity contribution in [1.29, 1.82) is 0 Å². The van der Waals surface area contributed by atoms with Crippen LogP contribution in [0.3, 0.4) is 0 Å². The number of carboxylic acid groups (broad SMARTS) is 1. The molecule has 0 spiro atoms. The van der Waals surface area contributed by atoms with Crippen molar-refractivity contribution in [1.82, 2.24) is 15.0 Å². The number of benzene rings is 1. The van der Waals surface area contributed by atoms with Crippen LogP contribution in [-0.2, 0) is 11.2 Å². The molecule has 7 nitrogen and oxygen atoms in total. The highest BCUT2D eigenvalue weighted by molar-refractivity contribution is 6.33. The van der Waals surface area contributed by atoms with Gasteiger partial charge in [-0.3, -0.25) is 9.78 Å². The predicted octanol–water partition coefficient (Wildman–Crippen LogP) is 5.93. The zero-order chi connectivity index (χ0) is 25.6. The largest absolute Gasteiger partial charge is 0.481 e. The molecule has 0 radical (unpaired) electrons. The van der Waals surface area contributed by atoms with E-state index in [9.17, 15) is 9.90 Å². The molecule has 2 aromatic heterocycles. The maximum absolute atomic E-state index is 15.8. The Morgan fingerprint density at radius 3 is 2.69 bits per heavy atom. The number of aryl methyl sites for hydroxylation is 2. The lowest BCUT2D eigenvalue weighted by atomic mass is 9.82. The Hall–Kier alpha value is -3.26. The van der Waals surface area contributed by atoms with Gasteiger partial charge in [-0.25, -0.2) is 14.4 Å². The molecule has 3 atom stereocenters. The Balaban J connectivity index is 1.45. The van der Waals surface area contributed by atoms with Crippen molar-refractivity contribution in [2.45, 2.75) is 51.6 Å². The fourth-order valence-corrected chi connectivity index (χ4v) is 5.28. The van der Waals surface area contributed by atoms with Crippen molar-refractivity contribution >= 4 is 17.6 Å². The third-order valence-corrected chi connectivity index (χ3v) is 7.47. The molecule has 1 aliphatic heterocycles. The second-order valence-electron chi connectivity index (χ2n) is 9.52. The maximum atomic E-state index is 15.8. The number of pyridine rings is 1. The molecule has 1 fully saturated rings. The number of halogens is 2. The summed E-state index contributed by atoms with van der Waals surface area (Å²) in [5.41, 5.74) is 3.70. The second-order valence-corrected chi connectivity index (χ2v) is 9.93. The van der Waals surface area contributed by atoms with Crippen molar-refractivity contribution in [2.24, 2.45) is 11.8 Å². The van der Waals surface area contributed by atoms with Crippen molar-refractivity contribution in [2.75, 3.05) is 7.11 Å². The summed E-state index contributed by atoms with van der Waals surface area (Å²) in [5, 5.41) is 10.0. The van der Waals surface area contributed by atoms with Gasteiger partial charge < -0.3 is 14.6 Å². The van der Waals surface area contributed by atoms with Gasteiger partial charge in [-0.1, -0.05) is 30.7 Å². The molecule has 5 rings (SSSR count). The van der Waals surface area contributed by atoms with Gasteiger partial charge in [0.1, 0.15) is 11.8 Å². The summed E-state index contributed by atoms with van der Waals surface area (Å²) in [7, 11) is 1.53. The van der Waals surface area contributed by atoms with E-state index in [4.69, 9.17) is 21.1 Å². The molecule has 1 aliphatic carbocycles. The first-order valence-electron chi connectivity index (χ1n) is 12.0. The number of carboxylic acids is 1. The Labute approximate surface area is 213 Å². The van der Waals surface area contributed by atoms with Crippen LogP contribution in [0.5, 0.6) is 11.6 Å². The van der Waals surface area contributed by atoms with Gasteiger partial charge in [0.2, 0.25) is 5.88 Å². The molecule has 0 bridgehead atoms. The van der Waals surface area contributed by atoms with Crippen molar-refractivity contribution < 1.29 is 23.8 Å². The Kier molecular flexibility index (Phi) is 6.55. The number of carbonyl (C=O) groups is 1. The Bertz CT molecular complexity index is 1330.